The van der Waals surface area contributed by atoms with Gasteiger partial charge in [-0.15, -0.1) is 6.58 Å². The van der Waals surface area contributed by atoms with Gasteiger partial charge in [0.25, 0.3) is 0 Å². The third kappa shape index (κ3) is 6.36. The number of allylic oxidation sites excluding steroid dienone is 1. The summed E-state index contributed by atoms with van der Waals surface area (Å²) < 4.78 is 23.0. The molecule has 2 saturated heterocycles. The molecule has 0 amide bonds. The SMILES string of the molecule is C=CCC(C(=O)C(C)(C)[C@@H]1CCOC(C)(C)O1)C(O)C(C)CCCC1(C)OCCO1. The maximum absolute atomic E-state index is 13.6. The summed E-state index contributed by atoms with van der Waals surface area (Å²) in [5.41, 5.74) is -0.728. The van der Waals surface area contributed by atoms with E-state index in [1.807, 2.05) is 41.5 Å². The first-order valence-corrected chi connectivity index (χ1v) is 11.3. The highest BCUT2D eigenvalue weighted by molar-refractivity contribution is 5.87. The van der Waals surface area contributed by atoms with Crippen LogP contribution in [0.15, 0.2) is 12.7 Å². The molecule has 0 saturated carbocycles. The molecule has 0 aromatic heterocycles. The highest BCUT2D eigenvalue weighted by atomic mass is 16.7. The van der Waals surface area contributed by atoms with Crippen molar-refractivity contribution < 1.29 is 28.8 Å². The van der Waals surface area contributed by atoms with Crippen molar-refractivity contribution in [3.05, 3.63) is 12.7 Å². The summed E-state index contributed by atoms with van der Waals surface area (Å²) in [4.78, 5) is 13.6. The second kappa shape index (κ2) is 10.2. The molecule has 0 aromatic rings. The van der Waals surface area contributed by atoms with Crippen LogP contribution in [0.2, 0.25) is 0 Å². The van der Waals surface area contributed by atoms with Gasteiger partial charge in [0.15, 0.2) is 11.6 Å². The second-order valence-electron chi connectivity index (χ2n) is 10.1. The van der Waals surface area contributed by atoms with Gasteiger partial charge in [0.05, 0.1) is 37.4 Å². The average Bonchev–Trinajstić information content (AvgIpc) is 3.10. The zero-order valence-electron chi connectivity index (χ0n) is 19.7. The van der Waals surface area contributed by atoms with Crippen LogP contribution in [-0.4, -0.2) is 54.5 Å². The van der Waals surface area contributed by atoms with E-state index in [9.17, 15) is 9.90 Å². The number of hydrogen-bond acceptors (Lipinski definition) is 6. The van der Waals surface area contributed by atoms with E-state index in [4.69, 9.17) is 18.9 Å². The molecule has 1 N–H and O–H groups in total. The van der Waals surface area contributed by atoms with E-state index in [1.165, 1.54) is 0 Å². The van der Waals surface area contributed by atoms with Gasteiger partial charge in [-0.1, -0.05) is 26.8 Å². The van der Waals surface area contributed by atoms with Crippen molar-refractivity contribution in [2.75, 3.05) is 19.8 Å². The number of carbonyl (C=O) groups excluding carboxylic acids is 1. The quantitative estimate of drug-likeness (QED) is 0.498. The van der Waals surface area contributed by atoms with Crippen molar-refractivity contribution in [2.45, 2.75) is 97.4 Å². The minimum Gasteiger partial charge on any atom is -0.392 e. The first-order chi connectivity index (χ1) is 13.9. The van der Waals surface area contributed by atoms with E-state index >= 15 is 0 Å². The smallest absolute Gasteiger partial charge is 0.165 e. The van der Waals surface area contributed by atoms with Crippen LogP contribution in [-0.2, 0) is 23.7 Å². The highest BCUT2D eigenvalue weighted by Crippen LogP contribution is 2.38. The Labute approximate surface area is 182 Å². The van der Waals surface area contributed by atoms with Crippen molar-refractivity contribution >= 4 is 5.78 Å². The monoisotopic (exact) mass is 426 g/mol. The lowest BCUT2D eigenvalue weighted by atomic mass is 9.71. The molecule has 0 bridgehead atoms. The number of carbonyl (C=O) groups is 1. The topological polar surface area (TPSA) is 74.2 Å². The van der Waals surface area contributed by atoms with Crippen LogP contribution in [0, 0.1) is 17.3 Å². The summed E-state index contributed by atoms with van der Waals surface area (Å²) in [6, 6.07) is 0. The zero-order valence-corrected chi connectivity index (χ0v) is 19.7. The third-order valence-electron chi connectivity index (χ3n) is 6.64. The number of aliphatic hydroxyl groups is 1. The minimum atomic E-state index is -0.735. The largest absolute Gasteiger partial charge is 0.392 e. The maximum atomic E-state index is 13.6. The molecule has 2 aliphatic heterocycles. The number of hydrogen-bond donors (Lipinski definition) is 1. The van der Waals surface area contributed by atoms with Gasteiger partial charge in [-0.3, -0.25) is 4.79 Å². The first-order valence-electron chi connectivity index (χ1n) is 11.3. The van der Waals surface area contributed by atoms with Gasteiger partial charge >= 0.3 is 0 Å². The van der Waals surface area contributed by atoms with Crippen LogP contribution >= 0.6 is 0 Å². The molecule has 6 heteroatoms. The molecular weight excluding hydrogens is 384 g/mol. The Kier molecular flexibility index (Phi) is 8.68. The van der Waals surface area contributed by atoms with Gasteiger partial charge in [-0.2, -0.15) is 0 Å². The van der Waals surface area contributed by atoms with Crippen molar-refractivity contribution in [1.29, 1.82) is 0 Å². The van der Waals surface area contributed by atoms with Gasteiger partial charge in [-0.25, -0.2) is 0 Å². The molecule has 0 aromatic carbocycles. The summed E-state index contributed by atoms with van der Waals surface area (Å²) in [5.74, 6) is -1.72. The van der Waals surface area contributed by atoms with Crippen LogP contribution in [0.3, 0.4) is 0 Å². The minimum absolute atomic E-state index is 0.0215. The molecule has 0 aliphatic carbocycles. The average molecular weight is 427 g/mol. The summed E-state index contributed by atoms with van der Waals surface area (Å²) >= 11 is 0. The van der Waals surface area contributed by atoms with E-state index in [1.54, 1.807) is 6.08 Å². The van der Waals surface area contributed by atoms with Gasteiger partial charge < -0.3 is 24.1 Å². The fraction of sp³-hybridized carbons (Fsp3) is 0.875. The lowest BCUT2D eigenvalue weighted by molar-refractivity contribution is -0.289. The summed E-state index contributed by atoms with van der Waals surface area (Å²) in [6.07, 6.45) is 4.29. The number of ketones is 1. The molecule has 2 heterocycles. The van der Waals surface area contributed by atoms with Crippen molar-refractivity contribution in [3.63, 3.8) is 0 Å². The zero-order chi connectivity index (χ0) is 22.6. The van der Waals surface area contributed by atoms with Crippen LogP contribution in [0.1, 0.15) is 73.6 Å². The molecular formula is C24H42O6. The predicted octanol–water partition coefficient (Wildman–Crippen LogP) is 4.25. The van der Waals surface area contributed by atoms with Crippen LogP contribution in [0.5, 0.6) is 0 Å². The van der Waals surface area contributed by atoms with E-state index < -0.39 is 29.0 Å². The Morgan fingerprint density at radius 2 is 1.83 bits per heavy atom. The Morgan fingerprint density at radius 1 is 1.20 bits per heavy atom. The Bertz CT molecular complexity index is 578. The first kappa shape index (κ1) is 25.5. The van der Waals surface area contributed by atoms with E-state index in [0.717, 1.165) is 19.3 Å². The number of ether oxygens (including phenoxy) is 4. The maximum Gasteiger partial charge on any atom is 0.165 e. The molecule has 2 fully saturated rings. The Hall–Kier alpha value is -0.790. The molecule has 0 spiro atoms. The highest BCUT2D eigenvalue weighted by Gasteiger charge is 2.47. The normalized spacial score (nSPS) is 26.7. The van der Waals surface area contributed by atoms with Crippen molar-refractivity contribution in [3.8, 4) is 0 Å². The number of rotatable bonds is 11. The van der Waals surface area contributed by atoms with Crippen LogP contribution in [0.4, 0.5) is 0 Å². The van der Waals surface area contributed by atoms with Crippen LogP contribution in [0.25, 0.3) is 0 Å². The summed E-state index contributed by atoms with van der Waals surface area (Å²) in [6.45, 7) is 17.2. The molecule has 0 radical (unpaired) electrons. The lowest BCUT2D eigenvalue weighted by Gasteiger charge is -2.44. The second-order valence-corrected chi connectivity index (χ2v) is 10.1. The lowest BCUT2D eigenvalue weighted by Crippen LogP contribution is -2.52. The van der Waals surface area contributed by atoms with Gasteiger partial charge in [-0.05, 0) is 52.4 Å². The fourth-order valence-corrected chi connectivity index (χ4v) is 4.59. The van der Waals surface area contributed by atoms with Gasteiger partial charge in [0.2, 0.25) is 0 Å². The molecule has 2 aliphatic rings. The Morgan fingerprint density at radius 3 is 2.40 bits per heavy atom. The fourth-order valence-electron chi connectivity index (χ4n) is 4.59. The predicted molar refractivity (Wildman–Crippen MR) is 116 cm³/mol. The standard InChI is InChI=1S/C24H42O6/c1-8-10-18(20(25)17(2)11-9-13-24(7)28-15-16-29-24)21(26)22(3,4)19-12-14-27-23(5,6)30-19/h8,17-20,25H,1,9-16H2,2-7H3/t17?,18?,19-,20?/m0/s1. The van der Waals surface area contributed by atoms with Crippen LogP contribution < -0.4 is 0 Å². The van der Waals surface area contributed by atoms with Crippen molar-refractivity contribution in [2.24, 2.45) is 17.3 Å². The summed E-state index contributed by atoms with van der Waals surface area (Å²) in [7, 11) is 0. The van der Waals surface area contributed by atoms with Gasteiger partial charge in [0, 0.05) is 12.3 Å². The van der Waals surface area contributed by atoms with Crippen molar-refractivity contribution in [1.82, 2.24) is 0 Å². The molecule has 3 unspecified atom stereocenters. The Balaban J connectivity index is 2.00. The summed E-state index contributed by atoms with van der Waals surface area (Å²) in [5, 5.41) is 11.1. The number of Topliss-reactive ketones (excluding diaryl/α,β-unsaturated/α-hetero) is 1. The molecule has 30 heavy (non-hydrogen) atoms. The van der Waals surface area contributed by atoms with E-state index in [-0.39, 0.29) is 17.8 Å². The third-order valence-corrected chi connectivity index (χ3v) is 6.64. The molecule has 2 rings (SSSR count). The van der Waals surface area contributed by atoms with Gasteiger partial charge in [0.1, 0.15) is 5.78 Å². The molecule has 174 valence electrons. The molecule has 6 nitrogen and oxygen atoms in total. The number of aliphatic hydroxyl groups excluding tert-OH is 1. The van der Waals surface area contributed by atoms with E-state index in [0.29, 0.717) is 32.7 Å². The van der Waals surface area contributed by atoms with E-state index in [2.05, 4.69) is 6.58 Å². The molecule has 4 atom stereocenters.